The standard InChI is InChI=1S/C13H18FNO2/c1-15(7-3-2-4-8-16)13-6-5-12(14)9-11(13)10-17/h5-6,9-10,16H,2-4,7-8H2,1H3. The third kappa shape index (κ3) is 4.15. The Morgan fingerprint density at radius 2 is 2.12 bits per heavy atom. The van der Waals surface area contributed by atoms with Crippen molar-refractivity contribution < 1.29 is 14.3 Å². The van der Waals surface area contributed by atoms with Crippen LogP contribution in [0.4, 0.5) is 10.1 Å². The summed E-state index contributed by atoms with van der Waals surface area (Å²) in [7, 11) is 1.87. The van der Waals surface area contributed by atoms with Crippen LogP contribution in [-0.4, -0.2) is 31.6 Å². The van der Waals surface area contributed by atoms with Gasteiger partial charge < -0.3 is 10.0 Å². The number of aliphatic hydroxyl groups excluding tert-OH is 1. The number of rotatable bonds is 7. The monoisotopic (exact) mass is 239 g/mol. The zero-order valence-electron chi connectivity index (χ0n) is 10.0. The summed E-state index contributed by atoms with van der Waals surface area (Å²) in [6.07, 6.45) is 3.34. The Bertz CT molecular complexity index is 368. The molecule has 0 saturated heterocycles. The molecular formula is C13H18FNO2. The molecule has 17 heavy (non-hydrogen) atoms. The molecule has 0 unspecified atom stereocenters. The van der Waals surface area contributed by atoms with E-state index in [-0.39, 0.29) is 6.61 Å². The first-order valence-electron chi connectivity index (χ1n) is 5.75. The molecule has 0 amide bonds. The van der Waals surface area contributed by atoms with E-state index in [1.807, 2.05) is 11.9 Å². The number of aliphatic hydroxyl groups is 1. The van der Waals surface area contributed by atoms with Crippen molar-refractivity contribution in [3.8, 4) is 0 Å². The Balaban J connectivity index is 2.61. The number of nitrogens with zero attached hydrogens (tertiary/aromatic N) is 1. The van der Waals surface area contributed by atoms with Gasteiger partial charge >= 0.3 is 0 Å². The Hall–Kier alpha value is -1.42. The zero-order valence-corrected chi connectivity index (χ0v) is 10.0. The number of hydrogen-bond donors (Lipinski definition) is 1. The van der Waals surface area contributed by atoms with Crippen LogP contribution in [0.5, 0.6) is 0 Å². The first-order valence-corrected chi connectivity index (χ1v) is 5.75. The number of unbranched alkanes of at least 4 members (excludes halogenated alkanes) is 2. The number of aldehydes is 1. The second kappa shape index (κ2) is 7.01. The van der Waals surface area contributed by atoms with Crippen LogP contribution in [0, 0.1) is 5.82 Å². The van der Waals surface area contributed by atoms with Crippen LogP contribution in [0.25, 0.3) is 0 Å². The van der Waals surface area contributed by atoms with Gasteiger partial charge in [-0.2, -0.15) is 0 Å². The van der Waals surface area contributed by atoms with Crippen LogP contribution in [0.2, 0.25) is 0 Å². The first kappa shape index (κ1) is 13.6. The second-order valence-electron chi connectivity index (χ2n) is 4.03. The van der Waals surface area contributed by atoms with Crippen LogP contribution in [0.1, 0.15) is 29.6 Å². The van der Waals surface area contributed by atoms with E-state index in [0.717, 1.165) is 31.5 Å². The van der Waals surface area contributed by atoms with E-state index in [1.165, 1.54) is 12.1 Å². The molecule has 0 aliphatic heterocycles. The maximum Gasteiger partial charge on any atom is 0.152 e. The highest BCUT2D eigenvalue weighted by Crippen LogP contribution is 2.19. The van der Waals surface area contributed by atoms with Crippen LogP contribution >= 0.6 is 0 Å². The molecule has 0 heterocycles. The number of anilines is 1. The molecule has 1 N–H and O–H groups in total. The van der Waals surface area contributed by atoms with Gasteiger partial charge in [0.25, 0.3) is 0 Å². The van der Waals surface area contributed by atoms with Crippen molar-refractivity contribution in [3.63, 3.8) is 0 Å². The Kier molecular flexibility index (Phi) is 5.63. The molecule has 1 rings (SSSR count). The molecule has 0 aliphatic carbocycles. The normalized spacial score (nSPS) is 10.3. The summed E-state index contributed by atoms with van der Waals surface area (Å²) in [5.41, 5.74) is 1.11. The lowest BCUT2D eigenvalue weighted by atomic mass is 10.1. The highest BCUT2D eigenvalue weighted by Gasteiger charge is 2.07. The molecule has 0 aliphatic rings. The van der Waals surface area contributed by atoms with Gasteiger partial charge in [0.2, 0.25) is 0 Å². The predicted molar refractivity (Wildman–Crippen MR) is 66.0 cm³/mol. The Morgan fingerprint density at radius 1 is 1.35 bits per heavy atom. The lowest BCUT2D eigenvalue weighted by Gasteiger charge is -2.20. The highest BCUT2D eigenvalue weighted by atomic mass is 19.1. The minimum absolute atomic E-state index is 0.208. The molecule has 0 radical (unpaired) electrons. The van der Waals surface area contributed by atoms with Crippen LogP contribution in [-0.2, 0) is 0 Å². The maximum atomic E-state index is 12.9. The average molecular weight is 239 g/mol. The summed E-state index contributed by atoms with van der Waals surface area (Å²) in [6, 6.07) is 4.21. The molecule has 4 heteroatoms. The SMILES string of the molecule is CN(CCCCCO)c1ccc(F)cc1C=O. The third-order valence-electron chi connectivity index (χ3n) is 2.68. The molecule has 0 atom stereocenters. The van der Waals surface area contributed by atoms with Crippen molar-refractivity contribution in [2.45, 2.75) is 19.3 Å². The summed E-state index contributed by atoms with van der Waals surface area (Å²) in [5, 5.41) is 8.66. The fraction of sp³-hybridized carbons (Fsp3) is 0.462. The molecule has 94 valence electrons. The fourth-order valence-corrected chi connectivity index (χ4v) is 1.73. The van der Waals surface area contributed by atoms with E-state index in [1.54, 1.807) is 6.07 Å². The van der Waals surface area contributed by atoms with Crippen molar-refractivity contribution >= 4 is 12.0 Å². The third-order valence-corrected chi connectivity index (χ3v) is 2.68. The van der Waals surface area contributed by atoms with Gasteiger partial charge in [0, 0.05) is 31.5 Å². The topological polar surface area (TPSA) is 40.5 Å². The molecule has 0 aromatic heterocycles. The molecule has 0 spiro atoms. The number of halogens is 1. The van der Waals surface area contributed by atoms with Gasteiger partial charge in [0.05, 0.1) is 0 Å². The highest BCUT2D eigenvalue weighted by molar-refractivity contribution is 5.84. The number of carbonyl (C=O) groups is 1. The minimum Gasteiger partial charge on any atom is -0.396 e. The van der Waals surface area contributed by atoms with Crippen molar-refractivity contribution in [2.75, 3.05) is 25.1 Å². The smallest absolute Gasteiger partial charge is 0.152 e. The van der Waals surface area contributed by atoms with E-state index in [0.29, 0.717) is 11.8 Å². The van der Waals surface area contributed by atoms with E-state index in [4.69, 9.17) is 5.11 Å². The van der Waals surface area contributed by atoms with Crippen molar-refractivity contribution in [3.05, 3.63) is 29.6 Å². The van der Waals surface area contributed by atoms with Crippen LogP contribution < -0.4 is 4.90 Å². The van der Waals surface area contributed by atoms with E-state index < -0.39 is 5.82 Å². The first-order chi connectivity index (χ1) is 8.19. The summed E-state index contributed by atoms with van der Waals surface area (Å²) < 4.78 is 12.9. The molecule has 1 aromatic rings. The van der Waals surface area contributed by atoms with Gasteiger partial charge in [0.15, 0.2) is 6.29 Å². The largest absolute Gasteiger partial charge is 0.396 e. The quantitative estimate of drug-likeness (QED) is 0.586. The molecule has 1 aromatic carbocycles. The van der Waals surface area contributed by atoms with E-state index in [9.17, 15) is 9.18 Å². The summed E-state index contributed by atoms with van der Waals surface area (Å²) >= 11 is 0. The van der Waals surface area contributed by atoms with Crippen molar-refractivity contribution in [1.29, 1.82) is 0 Å². The van der Waals surface area contributed by atoms with Gasteiger partial charge in [0.1, 0.15) is 5.82 Å². The Labute approximate surface area is 101 Å². The Morgan fingerprint density at radius 3 is 2.76 bits per heavy atom. The fourth-order valence-electron chi connectivity index (χ4n) is 1.73. The van der Waals surface area contributed by atoms with E-state index in [2.05, 4.69) is 0 Å². The van der Waals surface area contributed by atoms with Gasteiger partial charge in [-0.05, 0) is 37.5 Å². The average Bonchev–Trinajstić information content (AvgIpc) is 2.34. The lowest BCUT2D eigenvalue weighted by Crippen LogP contribution is -2.20. The van der Waals surface area contributed by atoms with E-state index >= 15 is 0 Å². The van der Waals surface area contributed by atoms with Crippen molar-refractivity contribution in [2.24, 2.45) is 0 Å². The summed E-state index contributed by atoms with van der Waals surface area (Å²) in [5.74, 6) is -0.399. The molecule has 0 saturated carbocycles. The zero-order chi connectivity index (χ0) is 12.7. The van der Waals surface area contributed by atoms with Gasteiger partial charge in [-0.3, -0.25) is 4.79 Å². The minimum atomic E-state index is -0.399. The number of carbonyl (C=O) groups excluding carboxylic acids is 1. The van der Waals surface area contributed by atoms with Gasteiger partial charge in [-0.15, -0.1) is 0 Å². The van der Waals surface area contributed by atoms with Crippen molar-refractivity contribution in [1.82, 2.24) is 0 Å². The second-order valence-corrected chi connectivity index (χ2v) is 4.03. The summed E-state index contributed by atoms with van der Waals surface area (Å²) in [4.78, 5) is 12.8. The molecule has 0 fully saturated rings. The maximum absolute atomic E-state index is 12.9. The predicted octanol–water partition coefficient (Wildman–Crippen LogP) is 2.24. The van der Waals surface area contributed by atoms with Crippen LogP contribution in [0.15, 0.2) is 18.2 Å². The summed E-state index contributed by atoms with van der Waals surface area (Å²) in [6.45, 7) is 0.992. The van der Waals surface area contributed by atoms with Crippen LogP contribution in [0.3, 0.4) is 0 Å². The lowest BCUT2D eigenvalue weighted by molar-refractivity contribution is 0.112. The molecule has 3 nitrogen and oxygen atoms in total. The number of benzene rings is 1. The van der Waals surface area contributed by atoms with Gasteiger partial charge in [-0.25, -0.2) is 4.39 Å². The molecular weight excluding hydrogens is 221 g/mol. The number of hydrogen-bond acceptors (Lipinski definition) is 3. The molecule has 0 bridgehead atoms. The van der Waals surface area contributed by atoms with Gasteiger partial charge in [-0.1, -0.05) is 0 Å².